The highest BCUT2D eigenvalue weighted by Crippen LogP contribution is 2.47. The molecule has 1 aromatic heterocycles. The van der Waals surface area contributed by atoms with Crippen LogP contribution in [0, 0.1) is 5.92 Å². The summed E-state index contributed by atoms with van der Waals surface area (Å²) in [4.78, 5) is 27.3. The number of fused-ring (bicyclic) bond motifs is 1. The average molecular weight is 626 g/mol. The first kappa shape index (κ1) is 32.6. The number of aliphatic hydroxyl groups excluding tert-OH is 2. The lowest BCUT2D eigenvalue weighted by Crippen LogP contribution is -2.44. The van der Waals surface area contributed by atoms with Gasteiger partial charge in [-0.1, -0.05) is 66.8 Å². The van der Waals surface area contributed by atoms with E-state index in [-0.39, 0.29) is 19.1 Å². The first-order valence-electron chi connectivity index (χ1n) is 15.2. The Kier molecular flexibility index (Phi) is 9.96. The Hall–Kier alpha value is -4.84. The SMILES string of the molecule is COc1ccc2c(c1)[C@@](O)([C@H](C)/C=C/CCn1cc(C(CO)c3ccccc3)nn1)C(=O)N2Cc1ccc(NC(=O)[C@H](C)O)cc1. The predicted octanol–water partition coefficient (Wildman–Crippen LogP) is 3.75. The smallest absolute Gasteiger partial charge is 0.264 e. The van der Waals surface area contributed by atoms with Crippen molar-refractivity contribution in [3.05, 3.63) is 114 Å². The molecule has 11 nitrogen and oxygen atoms in total. The number of carbonyl (C=O) groups excluding carboxylic acids is 2. The maximum absolute atomic E-state index is 14.0. The Balaban J connectivity index is 1.28. The lowest BCUT2D eigenvalue weighted by Gasteiger charge is -2.28. The van der Waals surface area contributed by atoms with Crippen LogP contribution in [-0.2, 0) is 28.3 Å². The molecule has 4 N–H and O–H groups in total. The summed E-state index contributed by atoms with van der Waals surface area (Å²) < 4.78 is 7.14. The molecule has 0 spiro atoms. The van der Waals surface area contributed by atoms with Crippen LogP contribution < -0.4 is 15.0 Å². The van der Waals surface area contributed by atoms with E-state index in [2.05, 4.69) is 15.6 Å². The first-order valence-corrected chi connectivity index (χ1v) is 15.2. The normalized spacial score (nSPS) is 18.0. The molecule has 3 aromatic carbocycles. The molecule has 0 aliphatic carbocycles. The predicted molar refractivity (Wildman–Crippen MR) is 173 cm³/mol. The van der Waals surface area contributed by atoms with Crippen molar-refractivity contribution in [1.82, 2.24) is 15.0 Å². The summed E-state index contributed by atoms with van der Waals surface area (Å²) in [6, 6.07) is 21.9. The molecular formula is C35H39N5O6. The highest BCUT2D eigenvalue weighted by molar-refractivity contribution is 6.07. The lowest BCUT2D eigenvalue weighted by molar-refractivity contribution is -0.139. The summed E-state index contributed by atoms with van der Waals surface area (Å²) in [5, 5.41) is 42.6. The van der Waals surface area contributed by atoms with Crippen LogP contribution in [0.3, 0.4) is 0 Å². The minimum Gasteiger partial charge on any atom is -0.497 e. The number of benzene rings is 3. The number of aromatic nitrogens is 3. The second kappa shape index (κ2) is 14.1. The summed E-state index contributed by atoms with van der Waals surface area (Å²) in [6.45, 7) is 3.84. The van der Waals surface area contributed by atoms with Crippen molar-refractivity contribution in [3.63, 3.8) is 0 Å². The van der Waals surface area contributed by atoms with Crippen LogP contribution in [0.1, 0.15) is 48.6 Å². The number of methoxy groups -OCH3 is 1. The molecule has 11 heteroatoms. The third-order valence-electron chi connectivity index (χ3n) is 8.32. The highest BCUT2D eigenvalue weighted by atomic mass is 16.5. The van der Waals surface area contributed by atoms with E-state index in [1.165, 1.54) is 14.0 Å². The van der Waals surface area contributed by atoms with Crippen molar-refractivity contribution in [3.8, 4) is 5.75 Å². The number of rotatable bonds is 13. The van der Waals surface area contributed by atoms with Gasteiger partial charge in [0.2, 0.25) is 0 Å². The van der Waals surface area contributed by atoms with Crippen LogP contribution >= 0.6 is 0 Å². The molecule has 46 heavy (non-hydrogen) atoms. The molecule has 1 aliphatic heterocycles. The van der Waals surface area contributed by atoms with E-state index in [4.69, 9.17) is 4.74 Å². The van der Waals surface area contributed by atoms with E-state index >= 15 is 0 Å². The van der Waals surface area contributed by atoms with Crippen LogP contribution in [0.15, 0.2) is 91.1 Å². The van der Waals surface area contributed by atoms with Gasteiger partial charge < -0.3 is 30.3 Å². The largest absolute Gasteiger partial charge is 0.497 e. The number of aliphatic hydroxyl groups is 3. The number of carbonyl (C=O) groups is 2. The number of nitrogens with one attached hydrogen (secondary N) is 1. The van der Waals surface area contributed by atoms with Crippen LogP contribution in [0.25, 0.3) is 0 Å². The zero-order valence-electron chi connectivity index (χ0n) is 26.1. The van der Waals surface area contributed by atoms with Gasteiger partial charge in [0.25, 0.3) is 11.8 Å². The van der Waals surface area contributed by atoms with Gasteiger partial charge in [0.05, 0.1) is 37.6 Å². The van der Waals surface area contributed by atoms with Gasteiger partial charge in [-0.2, -0.15) is 0 Å². The van der Waals surface area contributed by atoms with Gasteiger partial charge in [-0.3, -0.25) is 14.3 Å². The molecule has 4 atom stereocenters. The van der Waals surface area contributed by atoms with Crippen LogP contribution in [0.5, 0.6) is 5.75 Å². The van der Waals surface area contributed by atoms with E-state index in [9.17, 15) is 24.9 Å². The fourth-order valence-corrected chi connectivity index (χ4v) is 5.62. The minimum atomic E-state index is -1.82. The summed E-state index contributed by atoms with van der Waals surface area (Å²) in [5.41, 5.74) is 2.19. The van der Waals surface area contributed by atoms with Crippen LogP contribution in [-0.4, -0.2) is 61.9 Å². The number of allylic oxidation sites excluding steroid dienone is 1. The van der Waals surface area contributed by atoms with Crippen LogP contribution in [0.4, 0.5) is 11.4 Å². The Morgan fingerprint density at radius 1 is 1.09 bits per heavy atom. The number of amides is 2. The maximum Gasteiger partial charge on any atom is 0.264 e. The average Bonchev–Trinajstić information content (AvgIpc) is 3.61. The van der Waals surface area contributed by atoms with Gasteiger partial charge in [-0.25, -0.2) is 0 Å². The van der Waals surface area contributed by atoms with Gasteiger partial charge in [0.1, 0.15) is 11.9 Å². The van der Waals surface area contributed by atoms with E-state index in [1.807, 2.05) is 48.7 Å². The molecule has 2 heterocycles. The summed E-state index contributed by atoms with van der Waals surface area (Å²) in [7, 11) is 1.54. The van der Waals surface area contributed by atoms with Crippen molar-refractivity contribution >= 4 is 23.2 Å². The lowest BCUT2D eigenvalue weighted by atomic mass is 9.83. The van der Waals surface area contributed by atoms with E-state index < -0.39 is 29.4 Å². The quantitative estimate of drug-likeness (QED) is 0.164. The van der Waals surface area contributed by atoms with Crippen molar-refractivity contribution < 1.29 is 29.6 Å². The Morgan fingerprint density at radius 3 is 2.50 bits per heavy atom. The number of ether oxygens (including phenoxy) is 1. The van der Waals surface area contributed by atoms with Crippen molar-refractivity contribution in [1.29, 1.82) is 0 Å². The third-order valence-corrected chi connectivity index (χ3v) is 8.32. The van der Waals surface area contributed by atoms with E-state index in [0.29, 0.717) is 41.3 Å². The molecule has 0 radical (unpaired) electrons. The molecule has 2 amide bonds. The number of aryl methyl sites for hydroxylation is 1. The van der Waals surface area contributed by atoms with Crippen LogP contribution in [0.2, 0.25) is 0 Å². The molecule has 0 saturated heterocycles. The molecule has 0 fully saturated rings. The van der Waals surface area contributed by atoms with Gasteiger partial charge in [0.15, 0.2) is 5.60 Å². The van der Waals surface area contributed by atoms with Crippen molar-refractivity contribution in [2.24, 2.45) is 5.92 Å². The second-order valence-electron chi connectivity index (χ2n) is 11.5. The topological polar surface area (TPSA) is 150 Å². The van der Waals surface area contributed by atoms with Gasteiger partial charge in [0, 0.05) is 29.9 Å². The molecule has 0 bridgehead atoms. The fourth-order valence-electron chi connectivity index (χ4n) is 5.62. The Labute approximate surface area is 267 Å². The van der Waals surface area contributed by atoms with Gasteiger partial charge in [-0.05, 0) is 54.8 Å². The molecule has 0 saturated carbocycles. The first-order chi connectivity index (χ1) is 22.1. The zero-order chi connectivity index (χ0) is 32.8. The summed E-state index contributed by atoms with van der Waals surface area (Å²) >= 11 is 0. The Bertz CT molecular complexity index is 1690. The van der Waals surface area contributed by atoms with Gasteiger partial charge in [-0.15, -0.1) is 5.10 Å². The second-order valence-corrected chi connectivity index (χ2v) is 11.5. The molecule has 5 rings (SSSR count). The molecule has 1 unspecified atom stereocenters. The highest BCUT2D eigenvalue weighted by Gasteiger charge is 2.52. The van der Waals surface area contributed by atoms with Crippen molar-refractivity contribution in [2.45, 2.75) is 51.0 Å². The van der Waals surface area contributed by atoms with Crippen molar-refractivity contribution in [2.75, 3.05) is 23.9 Å². The molecule has 4 aromatic rings. The van der Waals surface area contributed by atoms with E-state index in [1.54, 1.807) is 59.0 Å². The Morgan fingerprint density at radius 2 is 1.83 bits per heavy atom. The monoisotopic (exact) mass is 625 g/mol. The molecule has 1 aliphatic rings. The standard InChI is InChI=1S/C35H39N5O6/c1-23(9-7-8-18-39-21-31(37-38-39)29(22-41)26-10-5-4-6-11-26)35(45)30-19-28(46-3)16-17-32(30)40(34(35)44)20-25-12-14-27(15-13-25)36-33(43)24(2)42/h4-7,9-17,19,21,23-24,29,41-42,45H,8,18,20,22H2,1-3H3,(H,36,43)/b9-7+/t23-,24+,29?,35+/m1/s1. The zero-order valence-corrected chi connectivity index (χ0v) is 26.1. The number of anilines is 2. The summed E-state index contributed by atoms with van der Waals surface area (Å²) in [6.07, 6.45) is 5.03. The van der Waals surface area contributed by atoms with E-state index in [0.717, 1.165) is 11.1 Å². The number of nitrogens with zero attached hydrogens (tertiary/aromatic N) is 4. The third kappa shape index (κ3) is 6.71. The van der Waals surface area contributed by atoms with Gasteiger partial charge >= 0.3 is 0 Å². The fraction of sp³-hybridized carbons (Fsp3) is 0.314. The molecule has 240 valence electrons. The molecular weight excluding hydrogens is 586 g/mol. The summed E-state index contributed by atoms with van der Waals surface area (Å²) in [5.74, 6) is -1.27. The number of hydrogen-bond acceptors (Lipinski definition) is 8. The minimum absolute atomic E-state index is 0.0799. The number of hydrogen-bond donors (Lipinski definition) is 4. The maximum atomic E-state index is 14.0.